The topological polar surface area (TPSA) is 79.0 Å². The van der Waals surface area contributed by atoms with Gasteiger partial charge in [0.05, 0.1) is 25.2 Å². The molecule has 2 aliphatic rings. The lowest BCUT2D eigenvalue weighted by Crippen LogP contribution is -2.48. The lowest BCUT2D eigenvalue weighted by molar-refractivity contribution is -0.137. The fourth-order valence-electron chi connectivity index (χ4n) is 2.79. The Kier molecular flexibility index (Phi) is 4.21. The lowest BCUT2D eigenvalue weighted by atomic mass is 10.0. The molecule has 4 unspecified atom stereocenters. The average molecular weight is 257 g/mol. The maximum atomic E-state index is 12.4. The number of amides is 1. The van der Waals surface area contributed by atoms with Gasteiger partial charge in [0.1, 0.15) is 0 Å². The summed E-state index contributed by atoms with van der Waals surface area (Å²) >= 11 is 0. The normalized spacial score (nSPS) is 36.6. The Morgan fingerprint density at radius 3 is 2.78 bits per heavy atom. The largest absolute Gasteiger partial charge is 0.391 e. The zero-order valence-corrected chi connectivity index (χ0v) is 11.1. The van der Waals surface area contributed by atoms with Crippen molar-refractivity contribution in [2.24, 2.45) is 11.7 Å². The molecule has 0 bridgehead atoms. The van der Waals surface area contributed by atoms with Crippen molar-refractivity contribution in [2.75, 3.05) is 40.4 Å². The summed E-state index contributed by atoms with van der Waals surface area (Å²) in [6.45, 7) is 2.04. The van der Waals surface area contributed by atoms with Crippen LogP contribution in [-0.4, -0.2) is 79.4 Å². The second-order valence-electron chi connectivity index (χ2n) is 5.60. The molecule has 3 N–H and O–H groups in total. The fraction of sp³-hybridized carbons (Fsp3) is 0.917. The third kappa shape index (κ3) is 2.83. The van der Waals surface area contributed by atoms with Gasteiger partial charge in [-0.1, -0.05) is 0 Å². The van der Waals surface area contributed by atoms with E-state index in [1.165, 1.54) is 0 Å². The van der Waals surface area contributed by atoms with Gasteiger partial charge in [0.25, 0.3) is 0 Å². The molecule has 0 aliphatic carbocycles. The third-order valence-electron chi connectivity index (χ3n) is 3.69. The molecular formula is C12H23N3O3. The Balaban J connectivity index is 2.03. The summed E-state index contributed by atoms with van der Waals surface area (Å²) < 4.78 is 5.25. The minimum Gasteiger partial charge on any atom is -0.391 e. The summed E-state index contributed by atoms with van der Waals surface area (Å²) in [5.74, 6) is -0.219. The molecular weight excluding hydrogens is 234 g/mol. The monoisotopic (exact) mass is 257 g/mol. The van der Waals surface area contributed by atoms with Gasteiger partial charge in [-0.15, -0.1) is 0 Å². The van der Waals surface area contributed by atoms with Crippen molar-refractivity contribution in [1.29, 1.82) is 0 Å². The first kappa shape index (κ1) is 13.7. The minimum absolute atomic E-state index is 0.0309. The van der Waals surface area contributed by atoms with Crippen LogP contribution < -0.4 is 5.73 Å². The molecule has 2 saturated heterocycles. The number of ether oxygens (including phenoxy) is 1. The highest BCUT2D eigenvalue weighted by Gasteiger charge is 2.41. The predicted molar refractivity (Wildman–Crippen MR) is 67.0 cm³/mol. The molecule has 6 nitrogen and oxygen atoms in total. The number of likely N-dealkylation sites (tertiary alicyclic amines) is 1. The van der Waals surface area contributed by atoms with Crippen LogP contribution >= 0.6 is 0 Å². The Morgan fingerprint density at radius 2 is 2.22 bits per heavy atom. The van der Waals surface area contributed by atoms with Gasteiger partial charge in [0.2, 0.25) is 5.91 Å². The van der Waals surface area contributed by atoms with Crippen LogP contribution in [0, 0.1) is 5.92 Å². The number of hydrogen-bond acceptors (Lipinski definition) is 5. The van der Waals surface area contributed by atoms with Crippen LogP contribution in [0.15, 0.2) is 0 Å². The summed E-state index contributed by atoms with van der Waals surface area (Å²) in [6, 6.07) is -0.134. The highest BCUT2D eigenvalue weighted by atomic mass is 16.5. The SMILES string of the molecule is CN(C)CC1CC(O)CN1C(=O)C1COCC1N. The first-order chi connectivity index (χ1) is 8.49. The van der Waals surface area contributed by atoms with Crippen LogP contribution in [0.2, 0.25) is 0 Å². The summed E-state index contributed by atoms with van der Waals surface area (Å²) in [5, 5.41) is 9.77. The Morgan fingerprint density at radius 1 is 1.50 bits per heavy atom. The zero-order chi connectivity index (χ0) is 13.3. The molecule has 6 heteroatoms. The summed E-state index contributed by atoms with van der Waals surface area (Å²) in [7, 11) is 3.94. The van der Waals surface area contributed by atoms with Crippen molar-refractivity contribution in [1.82, 2.24) is 9.80 Å². The standard InChI is InChI=1S/C12H23N3O3/c1-14(2)4-8-3-9(16)5-15(8)12(17)10-6-18-7-11(10)13/h8-11,16H,3-7,13H2,1-2H3. The van der Waals surface area contributed by atoms with E-state index in [4.69, 9.17) is 10.5 Å². The Bertz CT molecular complexity index is 311. The number of carbonyl (C=O) groups is 1. The fourth-order valence-corrected chi connectivity index (χ4v) is 2.79. The van der Waals surface area contributed by atoms with Crippen molar-refractivity contribution < 1.29 is 14.6 Å². The van der Waals surface area contributed by atoms with Crippen LogP contribution in [0.25, 0.3) is 0 Å². The van der Waals surface area contributed by atoms with E-state index in [0.29, 0.717) is 26.2 Å². The van der Waals surface area contributed by atoms with Crippen molar-refractivity contribution in [3.05, 3.63) is 0 Å². The van der Waals surface area contributed by atoms with E-state index >= 15 is 0 Å². The number of nitrogens with two attached hydrogens (primary N) is 1. The van der Waals surface area contributed by atoms with Crippen molar-refractivity contribution in [2.45, 2.75) is 24.6 Å². The highest BCUT2D eigenvalue weighted by molar-refractivity contribution is 5.80. The summed E-state index contributed by atoms with van der Waals surface area (Å²) in [5.41, 5.74) is 5.88. The number of rotatable bonds is 3. The Hall–Kier alpha value is -0.690. The number of hydrogen-bond donors (Lipinski definition) is 2. The van der Waals surface area contributed by atoms with Crippen molar-refractivity contribution in [3.8, 4) is 0 Å². The van der Waals surface area contributed by atoms with Gasteiger partial charge < -0.3 is 25.4 Å². The number of nitrogens with zero attached hydrogens (tertiary/aromatic N) is 2. The number of aliphatic hydroxyl groups is 1. The maximum Gasteiger partial charge on any atom is 0.230 e. The molecule has 1 amide bonds. The molecule has 2 heterocycles. The van der Waals surface area contributed by atoms with E-state index in [0.717, 1.165) is 6.54 Å². The van der Waals surface area contributed by atoms with Crippen LogP contribution in [0.1, 0.15) is 6.42 Å². The van der Waals surface area contributed by atoms with Gasteiger partial charge >= 0.3 is 0 Å². The molecule has 0 aromatic heterocycles. The first-order valence-electron chi connectivity index (χ1n) is 6.45. The van der Waals surface area contributed by atoms with Gasteiger partial charge in [0, 0.05) is 25.2 Å². The van der Waals surface area contributed by atoms with Crippen LogP contribution in [0.3, 0.4) is 0 Å². The summed E-state index contributed by atoms with van der Waals surface area (Å²) in [4.78, 5) is 16.2. The first-order valence-corrected chi connectivity index (χ1v) is 6.45. The molecule has 2 aliphatic heterocycles. The molecule has 0 aromatic carbocycles. The number of carbonyl (C=O) groups excluding carboxylic acids is 1. The lowest BCUT2D eigenvalue weighted by Gasteiger charge is -2.29. The van der Waals surface area contributed by atoms with Gasteiger partial charge in [-0.05, 0) is 20.5 Å². The molecule has 18 heavy (non-hydrogen) atoms. The number of β-amino-alcohol motifs (C(OH)–C–C–N with tert-alkyl or cyclic N) is 1. The van der Waals surface area contributed by atoms with E-state index in [9.17, 15) is 9.90 Å². The zero-order valence-electron chi connectivity index (χ0n) is 11.1. The van der Waals surface area contributed by atoms with Crippen molar-refractivity contribution >= 4 is 5.91 Å². The van der Waals surface area contributed by atoms with Gasteiger partial charge in [-0.2, -0.15) is 0 Å². The van der Waals surface area contributed by atoms with Gasteiger partial charge in [-0.3, -0.25) is 4.79 Å². The molecule has 0 saturated carbocycles. The minimum atomic E-state index is -0.419. The molecule has 4 atom stereocenters. The molecule has 0 spiro atoms. The second-order valence-corrected chi connectivity index (χ2v) is 5.60. The molecule has 2 rings (SSSR count). The third-order valence-corrected chi connectivity index (χ3v) is 3.69. The highest BCUT2D eigenvalue weighted by Crippen LogP contribution is 2.23. The molecule has 2 fully saturated rings. The Labute approximate surface area is 108 Å². The van der Waals surface area contributed by atoms with E-state index < -0.39 is 6.10 Å². The van der Waals surface area contributed by atoms with E-state index in [-0.39, 0.29) is 23.9 Å². The summed E-state index contributed by atoms with van der Waals surface area (Å²) in [6.07, 6.45) is 0.227. The molecule has 104 valence electrons. The van der Waals surface area contributed by atoms with Crippen molar-refractivity contribution in [3.63, 3.8) is 0 Å². The quantitative estimate of drug-likeness (QED) is 0.642. The molecule has 0 aromatic rings. The van der Waals surface area contributed by atoms with E-state index in [1.54, 1.807) is 4.90 Å². The number of aliphatic hydroxyl groups excluding tert-OH is 1. The van der Waals surface area contributed by atoms with E-state index in [2.05, 4.69) is 0 Å². The second kappa shape index (κ2) is 5.52. The predicted octanol–water partition coefficient (Wildman–Crippen LogP) is -1.52. The van der Waals surface area contributed by atoms with Crippen LogP contribution in [-0.2, 0) is 9.53 Å². The molecule has 0 radical (unpaired) electrons. The van der Waals surface area contributed by atoms with Crippen LogP contribution in [0.5, 0.6) is 0 Å². The number of likely N-dealkylation sites (N-methyl/N-ethyl adjacent to an activating group) is 1. The van der Waals surface area contributed by atoms with Gasteiger partial charge in [-0.25, -0.2) is 0 Å². The van der Waals surface area contributed by atoms with Crippen LogP contribution in [0.4, 0.5) is 0 Å². The maximum absolute atomic E-state index is 12.4. The smallest absolute Gasteiger partial charge is 0.230 e. The average Bonchev–Trinajstić information content (AvgIpc) is 2.83. The van der Waals surface area contributed by atoms with E-state index in [1.807, 2.05) is 19.0 Å². The van der Waals surface area contributed by atoms with Gasteiger partial charge in [0.15, 0.2) is 0 Å².